The molecule has 1 aromatic carbocycles. The predicted octanol–water partition coefficient (Wildman–Crippen LogP) is -0.154. The van der Waals surface area contributed by atoms with Gasteiger partial charge >= 0.3 is 0 Å². The maximum atomic E-state index is 5.49. The van der Waals surface area contributed by atoms with Crippen molar-refractivity contribution in [1.82, 2.24) is 18.5 Å². The number of benzene rings is 1. The normalized spacial score (nSPS) is 18.9. The first-order valence-electron chi connectivity index (χ1n) is 11.0. The van der Waals surface area contributed by atoms with Gasteiger partial charge in [0.05, 0.1) is 25.4 Å². The number of hydrogen-bond acceptors (Lipinski definition) is 7. The van der Waals surface area contributed by atoms with E-state index in [2.05, 4.69) is 17.2 Å². The summed E-state index contributed by atoms with van der Waals surface area (Å²) in [7, 11) is 0. The summed E-state index contributed by atoms with van der Waals surface area (Å²) < 4.78 is 15.4. The fraction of sp³-hybridized carbons (Fsp3) is 0.600. The van der Waals surface area contributed by atoms with E-state index in [9.17, 15) is 0 Å². The smallest absolute Gasteiger partial charge is 0.146 e. The van der Waals surface area contributed by atoms with Crippen LogP contribution < -0.4 is 49.1 Å². The summed E-state index contributed by atoms with van der Waals surface area (Å²) in [4.78, 5) is 0. The van der Waals surface area contributed by atoms with Crippen LogP contribution in [0.4, 0.5) is 0 Å². The van der Waals surface area contributed by atoms with Gasteiger partial charge in [-0.05, 0) is 59.2 Å². The lowest BCUT2D eigenvalue weighted by Crippen LogP contribution is -2.25. The monoisotopic (exact) mass is 704 g/mol. The van der Waals surface area contributed by atoms with Crippen molar-refractivity contribution in [3.05, 3.63) is 35.9 Å². The Bertz CT molecular complexity index is 973. The number of nitrogens with zero attached hydrogens (tertiary/aromatic N) is 3. The summed E-state index contributed by atoms with van der Waals surface area (Å²) in [6.45, 7) is -2.41. The Morgan fingerprint density at radius 2 is 1.34 bits per heavy atom. The molecule has 0 bridgehead atoms. The second-order valence-electron chi connectivity index (χ2n) is 8.06. The van der Waals surface area contributed by atoms with Gasteiger partial charge in [0.1, 0.15) is 32.7 Å². The molecular weight excluding hydrogens is 664 g/mol. The number of rotatable bonds is 7. The van der Waals surface area contributed by atoms with Crippen LogP contribution in [0.25, 0.3) is 0 Å². The summed E-state index contributed by atoms with van der Waals surface area (Å²) in [5.41, 5.74) is 44.9. The van der Waals surface area contributed by atoms with Crippen LogP contribution in [0.15, 0.2) is 30.3 Å². The maximum absolute atomic E-state index is 5.49. The second kappa shape index (κ2) is 17.7. The summed E-state index contributed by atoms with van der Waals surface area (Å²) in [6, 6.07) is 10.1. The minimum Gasteiger partial charge on any atom is -0.364 e. The van der Waals surface area contributed by atoms with Crippen LogP contribution >= 0.6 is 38.2 Å². The van der Waals surface area contributed by atoms with Crippen molar-refractivity contribution in [3.8, 4) is 0 Å². The average molecular weight is 705 g/mol. The third kappa shape index (κ3) is 18.9. The summed E-state index contributed by atoms with van der Waals surface area (Å²) in [6.07, 6.45) is 0.910. The quantitative estimate of drug-likeness (QED) is 0.0775. The van der Waals surface area contributed by atoms with Crippen LogP contribution in [0, 0.1) is 0 Å². The molecule has 3 saturated heterocycles. The molecule has 0 radical (unpaired) electrons. The van der Waals surface area contributed by atoms with Gasteiger partial charge in [-0.1, -0.05) is 30.3 Å². The molecule has 0 atom stereocenters. The third-order valence-electron chi connectivity index (χ3n) is 4.51. The first-order chi connectivity index (χ1) is 17.4. The van der Waals surface area contributed by atoms with Crippen molar-refractivity contribution >= 4 is 85.4 Å². The Hall–Kier alpha value is 1.61. The molecule has 3 fully saturated rings. The Morgan fingerprint density at radius 3 is 1.63 bits per heavy atom. The Morgan fingerprint density at radius 1 is 0.763 bits per heavy atom. The van der Waals surface area contributed by atoms with E-state index in [-0.39, 0.29) is 0 Å². The summed E-state index contributed by atoms with van der Waals surface area (Å²) in [5.74, 6) is 0. The van der Waals surface area contributed by atoms with E-state index in [0.29, 0.717) is 19.9 Å². The van der Waals surface area contributed by atoms with Gasteiger partial charge in [0.2, 0.25) is 0 Å². The molecule has 0 amide bonds. The van der Waals surface area contributed by atoms with E-state index in [1.54, 1.807) is 4.08 Å². The van der Waals surface area contributed by atoms with Gasteiger partial charge in [-0.3, -0.25) is 53.3 Å². The van der Waals surface area contributed by atoms with E-state index in [0.717, 1.165) is 39.1 Å². The lowest BCUT2D eigenvalue weighted by molar-refractivity contribution is 0.173. The molecule has 3 aliphatic rings. The molecule has 4 rings (SSSR count). The Labute approximate surface area is 250 Å². The lowest BCUT2D eigenvalue weighted by Gasteiger charge is -2.20. The van der Waals surface area contributed by atoms with Gasteiger partial charge in [0.15, 0.2) is 0 Å². The number of ether oxygens (including phenoxy) is 1. The van der Waals surface area contributed by atoms with Crippen LogP contribution in [-0.2, 0) is 62.6 Å². The van der Waals surface area contributed by atoms with E-state index < -0.39 is 26.0 Å². The highest BCUT2D eigenvalue weighted by Crippen LogP contribution is 2.41. The molecule has 17 N–H and O–H groups in total. The van der Waals surface area contributed by atoms with Gasteiger partial charge in [0.25, 0.3) is 0 Å². The lowest BCUT2D eigenvalue weighted by atomic mass is 10.2. The molecule has 23 heteroatoms. The van der Waals surface area contributed by atoms with Crippen molar-refractivity contribution < 1.29 is 8.92 Å². The summed E-state index contributed by atoms with van der Waals surface area (Å²) in [5, 5.41) is 2.95. The van der Waals surface area contributed by atoms with Crippen LogP contribution in [0.3, 0.4) is 0 Å². The fourth-order valence-electron chi connectivity index (χ4n) is 2.49. The highest BCUT2D eigenvalue weighted by Gasteiger charge is 2.26. The minimum atomic E-state index is -2.22. The fourth-order valence-corrected chi connectivity index (χ4v) is 7.33. The van der Waals surface area contributed by atoms with Crippen LogP contribution in [0.5, 0.6) is 0 Å². The molecule has 0 aliphatic carbocycles. The van der Waals surface area contributed by atoms with Gasteiger partial charge in [-0.25, -0.2) is 9.34 Å². The minimum absolute atomic E-state index is 0.504. The van der Waals surface area contributed by atoms with Crippen LogP contribution in [0.2, 0.25) is 0 Å². The highest BCUT2D eigenvalue weighted by molar-refractivity contribution is 8.16. The van der Waals surface area contributed by atoms with E-state index in [4.69, 9.17) is 100 Å². The second-order valence-corrected chi connectivity index (χ2v) is 23.6. The third-order valence-corrected chi connectivity index (χ3v) is 12.9. The molecule has 0 aromatic heterocycles. The van der Waals surface area contributed by atoms with Crippen molar-refractivity contribution in [2.24, 2.45) is 44.0 Å². The van der Waals surface area contributed by atoms with Gasteiger partial charge < -0.3 is 4.74 Å². The van der Waals surface area contributed by atoms with Crippen molar-refractivity contribution in [2.45, 2.75) is 6.42 Å². The van der Waals surface area contributed by atoms with E-state index in [1.807, 2.05) is 27.5 Å². The molecule has 3 heterocycles. The molecule has 38 heavy (non-hydrogen) atoms. The molecule has 3 aliphatic heterocycles. The number of nitrogens with one attached hydrogen (secondary N) is 1. The zero-order chi connectivity index (χ0) is 29.0. The van der Waals surface area contributed by atoms with Gasteiger partial charge in [-0.15, -0.1) is 0 Å². The van der Waals surface area contributed by atoms with Crippen molar-refractivity contribution in [3.63, 3.8) is 0 Å². The van der Waals surface area contributed by atoms with Crippen LogP contribution in [0.1, 0.15) is 5.56 Å². The molecule has 0 saturated carbocycles. The van der Waals surface area contributed by atoms with Gasteiger partial charge in [-0.2, -0.15) is 4.08 Å². The molecule has 0 unspecified atom stereocenters. The highest BCUT2D eigenvalue weighted by atomic mass is 32.5. The standard InChI is InChI=1S/C8H14N3PS.C3H10N3OPS.C2H8N3OPS2.C2H8N3PS/c9-12(10,13)11-7-6-8-4-2-1-3-5-8;4-8(5,9)6-1-2-7-3-6;3-7(4,8)5-1-2-6-9-5;3-6(4,7)5-1-2-5/h1-5H,6-7H2,(H5,9,10,11,13);1-3H2,(H4,4,5,9);1-2H2,(H4,3,4,8);1-2H2,(H4,3,4,7). The van der Waals surface area contributed by atoms with Crippen LogP contribution in [-0.4, -0.2) is 66.1 Å². The first-order valence-corrected chi connectivity index (χ1v) is 23.4. The van der Waals surface area contributed by atoms with Crippen molar-refractivity contribution in [1.29, 1.82) is 0 Å². The predicted molar refractivity (Wildman–Crippen MR) is 178 cm³/mol. The zero-order valence-corrected chi connectivity index (χ0v) is 28.5. The van der Waals surface area contributed by atoms with Crippen molar-refractivity contribution in [2.75, 3.05) is 52.7 Å². The maximum Gasteiger partial charge on any atom is 0.146 e. The molecule has 0 spiro atoms. The SMILES string of the molecule is NP(N)(=S)N1CC1.NP(N)(=S)N1CCOC1.NP(N)(=S)N1CCOS1.NP(N)(=S)NCCc1ccccc1. The number of hydrogen-bond donors (Lipinski definition) is 9. The molecule has 1 aromatic rings. The molecule has 222 valence electrons. The largest absolute Gasteiger partial charge is 0.364 e. The summed E-state index contributed by atoms with van der Waals surface area (Å²) >= 11 is 20.5. The van der Waals surface area contributed by atoms with Gasteiger partial charge in [0, 0.05) is 32.7 Å². The van der Waals surface area contributed by atoms with E-state index >= 15 is 0 Å². The number of nitrogens with two attached hydrogens (primary N) is 8. The first kappa shape index (κ1) is 37.6. The Kier molecular flexibility index (Phi) is 17.5. The zero-order valence-electron chi connectivity index (χ0n) is 20.9. The molecular formula is C15H40N12O2P4S5. The van der Waals surface area contributed by atoms with E-state index in [1.165, 1.54) is 17.8 Å². The average Bonchev–Trinajstić information content (AvgIpc) is 3.25. The molecule has 14 nitrogen and oxygen atoms in total. The Balaban J connectivity index is 0.000000260. The topological polar surface area (TPSA) is 248 Å².